The minimum atomic E-state index is 0. The maximum atomic E-state index is 5.82. The highest BCUT2D eigenvalue weighted by molar-refractivity contribution is 14.0. The number of halogens is 1. The molecular weight excluding hydrogens is 339 g/mol. The monoisotopic (exact) mass is 366 g/mol. The fraction of sp³-hybridized carbons (Fsp3) is 0.769. The molecule has 0 bridgehead atoms. The molecule has 1 saturated heterocycles. The van der Waals surface area contributed by atoms with Crippen molar-refractivity contribution >= 4 is 29.9 Å². The summed E-state index contributed by atoms with van der Waals surface area (Å²) in [5, 5.41) is 3.13. The third-order valence-corrected chi connectivity index (χ3v) is 3.23. The zero-order chi connectivity index (χ0) is 12.5. The predicted octanol–water partition coefficient (Wildman–Crippen LogP) is 1.96. The number of rotatable bonds is 6. The summed E-state index contributed by atoms with van der Waals surface area (Å²) in [5.41, 5.74) is 5.82. The van der Waals surface area contributed by atoms with Crippen molar-refractivity contribution in [2.24, 2.45) is 10.7 Å². The second-order valence-corrected chi connectivity index (χ2v) is 4.44. The van der Waals surface area contributed by atoms with E-state index in [4.69, 9.17) is 5.73 Å². The summed E-state index contributed by atoms with van der Waals surface area (Å²) in [6, 6.07) is 0.593. The third kappa shape index (κ3) is 6.58. The molecule has 0 spiro atoms. The number of nitrogens with two attached hydrogens (primary N) is 1. The Bertz CT molecular complexity index is 266. The number of hydrogen-bond acceptors (Lipinski definition) is 2. The smallest absolute Gasteiger partial charge is 0.188 e. The maximum Gasteiger partial charge on any atom is 0.188 e. The van der Waals surface area contributed by atoms with Crippen molar-refractivity contribution in [1.82, 2.24) is 10.2 Å². The average molecular weight is 366 g/mol. The molecule has 4 nitrogen and oxygen atoms in total. The molecule has 1 fully saturated rings. The lowest BCUT2D eigenvalue weighted by atomic mass is 10.2. The van der Waals surface area contributed by atoms with Gasteiger partial charge in [-0.2, -0.15) is 0 Å². The Kier molecular flexibility index (Phi) is 10.4. The van der Waals surface area contributed by atoms with Gasteiger partial charge in [-0.15, -0.1) is 24.0 Å². The van der Waals surface area contributed by atoms with E-state index in [0.29, 0.717) is 12.0 Å². The number of hydrogen-bond donors (Lipinski definition) is 2. The molecule has 0 amide bonds. The molecule has 5 heteroatoms. The van der Waals surface area contributed by atoms with Crippen molar-refractivity contribution in [2.75, 3.05) is 26.2 Å². The highest BCUT2D eigenvalue weighted by atomic mass is 127. The molecule has 0 aliphatic carbocycles. The van der Waals surface area contributed by atoms with Crippen molar-refractivity contribution < 1.29 is 0 Å². The van der Waals surface area contributed by atoms with Crippen LogP contribution in [0.25, 0.3) is 0 Å². The number of guanidine groups is 1. The lowest BCUT2D eigenvalue weighted by Gasteiger charge is -2.20. The summed E-state index contributed by atoms with van der Waals surface area (Å²) in [4.78, 5) is 6.90. The van der Waals surface area contributed by atoms with Gasteiger partial charge in [0.1, 0.15) is 0 Å². The third-order valence-electron chi connectivity index (χ3n) is 3.23. The summed E-state index contributed by atoms with van der Waals surface area (Å²) in [5.74, 6) is 0.581. The molecule has 18 heavy (non-hydrogen) atoms. The van der Waals surface area contributed by atoms with Gasteiger partial charge >= 0.3 is 0 Å². The number of likely N-dealkylation sites (N-methyl/N-ethyl adjacent to an activating group) is 1. The molecule has 1 unspecified atom stereocenters. The van der Waals surface area contributed by atoms with Gasteiger partial charge < -0.3 is 11.1 Å². The van der Waals surface area contributed by atoms with Crippen LogP contribution in [0.2, 0.25) is 0 Å². The molecule has 0 saturated carbocycles. The Morgan fingerprint density at radius 3 is 3.00 bits per heavy atom. The molecule has 0 aromatic rings. The van der Waals surface area contributed by atoms with Crippen molar-refractivity contribution in [3.8, 4) is 0 Å². The molecule has 0 aromatic heterocycles. The molecule has 1 aliphatic heterocycles. The molecule has 0 aromatic carbocycles. The van der Waals surface area contributed by atoms with Crippen LogP contribution in [0, 0.1) is 0 Å². The van der Waals surface area contributed by atoms with E-state index in [0.717, 1.165) is 26.1 Å². The minimum Gasteiger partial charge on any atom is -0.370 e. The topological polar surface area (TPSA) is 53.6 Å². The zero-order valence-electron chi connectivity index (χ0n) is 11.6. The van der Waals surface area contributed by atoms with Crippen LogP contribution in [0.15, 0.2) is 17.1 Å². The first-order chi connectivity index (χ1) is 8.27. The minimum absolute atomic E-state index is 0. The SMILES string of the molecule is CC=CCCNC(N)=NCC1CCCN1CC.I. The average Bonchev–Trinajstić information content (AvgIpc) is 2.79. The number of nitrogens with one attached hydrogen (secondary N) is 1. The second kappa shape index (κ2) is 10.6. The standard InChI is InChI=1S/C13H26N4.HI/c1-3-5-6-9-15-13(14)16-11-12-8-7-10-17(12)4-2;/h3,5,12H,4,6-11H2,1-2H3,(H3,14,15,16);1H. The van der Waals surface area contributed by atoms with Gasteiger partial charge in [0.05, 0.1) is 6.54 Å². The van der Waals surface area contributed by atoms with Gasteiger partial charge in [0.2, 0.25) is 0 Å². The van der Waals surface area contributed by atoms with Gasteiger partial charge in [0.25, 0.3) is 0 Å². The first kappa shape index (κ1) is 17.7. The lowest BCUT2D eigenvalue weighted by molar-refractivity contribution is 0.273. The largest absolute Gasteiger partial charge is 0.370 e. The molecule has 1 rings (SSSR count). The molecular formula is C13H27IN4. The number of allylic oxidation sites excluding steroid dienone is 1. The van der Waals surface area contributed by atoms with Crippen LogP contribution in [-0.2, 0) is 0 Å². The van der Waals surface area contributed by atoms with Gasteiger partial charge in [-0.1, -0.05) is 19.1 Å². The highest BCUT2D eigenvalue weighted by Gasteiger charge is 2.22. The van der Waals surface area contributed by atoms with E-state index in [1.165, 1.54) is 19.4 Å². The first-order valence-corrected chi connectivity index (χ1v) is 6.67. The Balaban J connectivity index is 0.00000289. The maximum absolute atomic E-state index is 5.82. The number of nitrogens with zero attached hydrogens (tertiary/aromatic N) is 2. The summed E-state index contributed by atoms with van der Waals surface area (Å²) in [6.45, 7) is 8.26. The Morgan fingerprint density at radius 2 is 2.33 bits per heavy atom. The van der Waals surface area contributed by atoms with Crippen LogP contribution in [0.5, 0.6) is 0 Å². The quantitative estimate of drug-likeness (QED) is 0.248. The van der Waals surface area contributed by atoms with Crippen molar-refractivity contribution in [3.63, 3.8) is 0 Å². The normalized spacial score (nSPS) is 21.2. The first-order valence-electron chi connectivity index (χ1n) is 6.67. The summed E-state index contributed by atoms with van der Waals surface area (Å²) in [7, 11) is 0. The fourth-order valence-corrected chi connectivity index (χ4v) is 2.23. The van der Waals surface area contributed by atoms with Gasteiger partial charge in [-0.05, 0) is 39.3 Å². The van der Waals surface area contributed by atoms with E-state index >= 15 is 0 Å². The molecule has 1 heterocycles. The summed E-state index contributed by atoms with van der Waals surface area (Å²) in [6.07, 6.45) is 7.71. The van der Waals surface area contributed by atoms with Gasteiger partial charge in [-0.25, -0.2) is 0 Å². The molecule has 106 valence electrons. The predicted molar refractivity (Wildman–Crippen MR) is 89.6 cm³/mol. The molecule has 1 atom stereocenters. The molecule has 0 radical (unpaired) electrons. The second-order valence-electron chi connectivity index (χ2n) is 4.44. The van der Waals surface area contributed by atoms with Gasteiger partial charge in [-0.3, -0.25) is 9.89 Å². The van der Waals surface area contributed by atoms with Crippen molar-refractivity contribution in [3.05, 3.63) is 12.2 Å². The van der Waals surface area contributed by atoms with Crippen LogP contribution >= 0.6 is 24.0 Å². The van der Waals surface area contributed by atoms with E-state index in [-0.39, 0.29) is 24.0 Å². The fourth-order valence-electron chi connectivity index (χ4n) is 2.23. The Hall–Kier alpha value is -0.300. The van der Waals surface area contributed by atoms with E-state index in [1.807, 2.05) is 13.0 Å². The van der Waals surface area contributed by atoms with Crippen LogP contribution in [0.3, 0.4) is 0 Å². The summed E-state index contributed by atoms with van der Waals surface area (Å²) < 4.78 is 0. The van der Waals surface area contributed by atoms with Crippen molar-refractivity contribution in [1.29, 1.82) is 0 Å². The van der Waals surface area contributed by atoms with Crippen LogP contribution in [0.1, 0.15) is 33.1 Å². The number of likely N-dealkylation sites (tertiary alicyclic amines) is 1. The Morgan fingerprint density at radius 1 is 1.56 bits per heavy atom. The van der Waals surface area contributed by atoms with Crippen LogP contribution in [0.4, 0.5) is 0 Å². The summed E-state index contributed by atoms with van der Waals surface area (Å²) >= 11 is 0. The van der Waals surface area contributed by atoms with E-state index in [1.54, 1.807) is 0 Å². The van der Waals surface area contributed by atoms with Crippen molar-refractivity contribution in [2.45, 2.75) is 39.2 Å². The van der Waals surface area contributed by atoms with E-state index < -0.39 is 0 Å². The number of aliphatic imine (C=N–C) groups is 1. The lowest BCUT2D eigenvalue weighted by Crippen LogP contribution is -2.36. The Labute approximate surface area is 128 Å². The van der Waals surface area contributed by atoms with E-state index in [2.05, 4.69) is 28.2 Å². The van der Waals surface area contributed by atoms with Gasteiger partial charge in [0, 0.05) is 12.6 Å². The van der Waals surface area contributed by atoms with Gasteiger partial charge in [0.15, 0.2) is 5.96 Å². The molecule has 3 N–H and O–H groups in total. The highest BCUT2D eigenvalue weighted by Crippen LogP contribution is 2.16. The van der Waals surface area contributed by atoms with Crippen LogP contribution < -0.4 is 11.1 Å². The zero-order valence-corrected chi connectivity index (χ0v) is 13.9. The van der Waals surface area contributed by atoms with E-state index in [9.17, 15) is 0 Å². The molecule has 1 aliphatic rings. The van der Waals surface area contributed by atoms with Crippen LogP contribution in [-0.4, -0.2) is 43.1 Å².